The van der Waals surface area contributed by atoms with Crippen molar-refractivity contribution in [2.45, 2.75) is 46.2 Å². The standard InChI is InChI=1S/C24H32N6O2/c1-6-32-20-11-9-18(10-12-20)30-22(17(3)25-15-19-14-16(2)27-29(19)5)26-23-21(24(30)31)8-7-13-28(23)4/h9-12,14,17,25H,6-8,13,15H2,1-5H3/t17-/m1/s1. The molecule has 3 heterocycles. The van der Waals surface area contributed by atoms with Crippen molar-refractivity contribution < 1.29 is 4.74 Å². The number of fused-ring (bicyclic) bond motifs is 1. The number of ether oxygens (including phenoxy) is 1. The minimum absolute atomic E-state index is 0.00531. The van der Waals surface area contributed by atoms with E-state index in [2.05, 4.69) is 21.4 Å². The lowest BCUT2D eigenvalue weighted by Crippen LogP contribution is -2.37. The van der Waals surface area contributed by atoms with Crippen LogP contribution in [-0.4, -0.2) is 39.5 Å². The Morgan fingerprint density at radius 3 is 2.62 bits per heavy atom. The number of aryl methyl sites for hydroxylation is 2. The molecule has 32 heavy (non-hydrogen) atoms. The lowest BCUT2D eigenvalue weighted by atomic mass is 10.1. The van der Waals surface area contributed by atoms with Gasteiger partial charge in [0.05, 0.1) is 35.3 Å². The first-order valence-electron chi connectivity index (χ1n) is 11.2. The molecule has 1 aliphatic rings. The van der Waals surface area contributed by atoms with E-state index in [1.54, 1.807) is 4.57 Å². The lowest BCUT2D eigenvalue weighted by molar-refractivity contribution is 0.340. The van der Waals surface area contributed by atoms with Crippen LogP contribution in [0.4, 0.5) is 5.82 Å². The summed E-state index contributed by atoms with van der Waals surface area (Å²) in [6.45, 7) is 8.12. The number of rotatable bonds is 7. The second-order valence-corrected chi connectivity index (χ2v) is 8.37. The Labute approximate surface area is 188 Å². The number of aromatic nitrogens is 4. The van der Waals surface area contributed by atoms with Gasteiger partial charge in [0, 0.05) is 27.2 Å². The van der Waals surface area contributed by atoms with E-state index in [0.29, 0.717) is 19.0 Å². The first kappa shape index (κ1) is 22.1. The predicted octanol–water partition coefficient (Wildman–Crippen LogP) is 2.91. The van der Waals surface area contributed by atoms with Crippen molar-refractivity contribution in [2.24, 2.45) is 7.05 Å². The van der Waals surface area contributed by atoms with Gasteiger partial charge >= 0.3 is 0 Å². The molecular formula is C24H32N6O2. The summed E-state index contributed by atoms with van der Waals surface area (Å²) in [5, 5.41) is 7.95. The normalized spacial score (nSPS) is 14.3. The fourth-order valence-corrected chi connectivity index (χ4v) is 4.27. The van der Waals surface area contributed by atoms with E-state index in [4.69, 9.17) is 9.72 Å². The van der Waals surface area contributed by atoms with Crippen molar-refractivity contribution >= 4 is 5.82 Å². The van der Waals surface area contributed by atoms with Gasteiger partial charge in [-0.1, -0.05) is 0 Å². The second-order valence-electron chi connectivity index (χ2n) is 8.37. The molecule has 1 aliphatic heterocycles. The minimum Gasteiger partial charge on any atom is -0.494 e. The van der Waals surface area contributed by atoms with Crippen LogP contribution in [-0.2, 0) is 20.0 Å². The molecule has 0 fully saturated rings. The van der Waals surface area contributed by atoms with Crippen molar-refractivity contribution in [3.05, 3.63) is 63.5 Å². The van der Waals surface area contributed by atoms with Crippen LogP contribution in [0.2, 0.25) is 0 Å². The van der Waals surface area contributed by atoms with Gasteiger partial charge in [-0.05, 0) is 63.9 Å². The molecule has 1 aromatic carbocycles. The van der Waals surface area contributed by atoms with E-state index < -0.39 is 0 Å². The summed E-state index contributed by atoms with van der Waals surface area (Å²) in [6, 6.07) is 9.56. The first-order valence-corrected chi connectivity index (χ1v) is 11.2. The van der Waals surface area contributed by atoms with Crippen molar-refractivity contribution in [3.63, 3.8) is 0 Å². The smallest absolute Gasteiger partial charge is 0.263 e. The van der Waals surface area contributed by atoms with Gasteiger partial charge in [0.25, 0.3) is 5.56 Å². The molecular weight excluding hydrogens is 404 g/mol. The Kier molecular flexibility index (Phi) is 6.32. The molecule has 8 heteroatoms. The molecule has 0 aliphatic carbocycles. The molecule has 4 rings (SSSR count). The number of nitrogens with zero attached hydrogens (tertiary/aromatic N) is 5. The summed E-state index contributed by atoms with van der Waals surface area (Å²) in [6.07, 6.45) is 1.70. The summed E-state index contributed by atoms with van der Waals surface area (Å²) in [7, 11) is 3.95. The zero-order chi connectivity index (χ0) is 22.8. The highest BCUT2D eigenvalue weighted by molar-refractivity contribution is 5.50. The average Bonchev–Trinajstić information content (AvgIpc) is 3.10. The van der Waals surface area contributed by atoms with Crippen LogP contribution in [0.5, 0.6) is 5.75 Å². The quantitative estimate of drug-likeness (QED) is 0.614. The van der Waals surface area contributed by atoms with Crippen molar-refractivity contribution in [1.29, 1.82) is 0 Å². The highest BCUT2D eigenvalue weighted by Crippen LogP contribution is 2.25. The zero-order valence-corrected chi connectivity index (χ0v) is 19.6. The van der Waals surface area contributed by atoms with Crippen molar-refractivity contribution in [2.75, 3.05) is 25.1 Å². The topological polar surface area (TPSA) is 77.2 Å². The maximum Gasteiger partial charge on any atom is 0.263 e. The Morgan fingerprint density at radius 2 is 1.97 bits per heavy atom. The van der Waals surface area contributed by atoms with Crippen LogP contribution in [0.25, 0.3) is 5.69 Å². The van der Waals surface area contributed by atoms with Gasteiger partial charge in [-0.15, -0.1) is 0 Å². The molecule has 1 N–H and O–H groups in total. The molecule has 3 aromatic rings. The molecule has 0 unspecified atom stereocenters. The summed E-state index contributed by atoms with van der Waals surface area (Å²) in [4.78, 5) is 20.7. The molecule has 0 spiro atoms. The number of hydrogen-bond acceptors (Lipinski definition) is 6. The van der Waals surface area contributed by atoms with Gasteiger partial charge in [0.2, 0.25) is 0 Å². The molecule has 2 aromatic heterocycles. The van der Waals surface area contributed by atoms with E-state index in [-0.39, 0.29) is 11.6 Å². The highest BCUT2D eigenvalue weighted by Gasteiger charge is 2.25. The molecule has 0 saturated heterocycles. The average molecular weight is 437 g/mol. The van der Waals surface area contributed by atoms with Crippen LogP contribution in [0.3, 0.4) is 0 Å². The molecule has 0 saturated carbocycles. The Bertz CT molecular complexity index is 1150. The first-order chi connectivity index (χ1) is 15.4. The summed E-state index contributed by atoms with van der Waals surface area (Å²) in [5.41, 5.74) is 3.65. The van der Waals surface area contributed by atoms with Crippen molar-refractivity contribution in [3.8, 4) is 11.4 Å². The molecule has 0 bridgehead atoms. The maximum absolute atomic E-state index is 13.7. The largest absolute Gasteiger partial charge is 0.494 e. The lowest BCUT2D eigenvalue weighted by Gasteiger charge is -2.29. The minimum atomic E-state index is -0.148. The summed E-state index contributed by atoms with van der Waals surface area (Å²) >= 11 is 0. The van der Waals surface area contributed by atoms with E-state index in [1.165, 1.54) is 0 Å². The third-order valence-corrected chi connectivity index (χ3v) is 5.94. The predicted molar refractivity (Wildman–Crippen MR) is 126 cm³/mol. The fourth-order valence-electron chi connectivity index (χ4n) is 4.27. The molecule has 1 atom stereocenters. The number of hydrogen-bond donors (Lipinski definition) is 1. The van der Waals surface area contributed by atoms with Gasteiger partial charge < -0.3 is 15.0 Å². The monoisotopic (exact) mass is 436 g/mol. The number of nitrogens with one attached hydrogen (secondary N) is 1. The van der Waals surface area contributed by atoms with E-state index in [0.717, 1.165) is 53.6 Å². The summed E-state index contributed by atoms with van der Waals surface area (Å²) in [5.74, 6) is 2.28. The van der Waals surface area contributed by atoms with Crippen LogP contribution < -0.4 is 20.5 Å². The van der Waals surface area contributed by atoms with Crippen LogP contribution in [0.15, 0.2) is 35.1 Å². The molecule has 0 radical (unpaired) electrons. The van der Waals surface area contributed by atoms with Gasteiger partial charge in [0.1, 0.15) is 17.4 Å². The molecule has 0 amide bonds. The number of benzene rings is 1. The second kappa shape index (κ2) is 9.16. The Balaban J connectivity index is 1.75. The number of anilines is 1. The molecule has 8 nitrogen and oxygen atoms in total. The maximum atomic E-state index is 13.7. The van der Waals surface area contributed by atoms with Gasteiger partial charge in [0.15, 0.2) is 0 Å². The van der Waals surface area contributed by atoms with Crippen LogP contribution >= 0.6 is 0 Å². The third kappa shape index (κ3) is 4.27. The van der Waals surface area contributed by atoms with E-state index in [9.17, 15) is 4.79 Å². The third-order valence-electron chi connectivity index (χ3n) is 5.94. The van der Waals surface area contributed by atoms with Gasteiger partial charge in [-0.3, -0.25) is 14.0 Å². The Morgan fingerprint density at radius 1 is 1.22 bits per heavy atom. The SMILES string of the molecule is CCOc1ccc(-n2c([C@@H](C)NCc3cc(C)nn3C)nc3c(c2=O)CCCN3C)cc1. The van der Waals surface area contributed by atoms with Gasteiger partial charge in [-0.2, -0.15) is 5.10 Å². The van der Waals surface area contributed by atoms with Crippen LogP contribution in [0.1, 0.15) is 49.1 Å². The van der Waals surface area contributed by atoms with E-state index in [1.807, 2.05) is 63.8 Å². The Hall–Kier alpha value is -3.13. The highest BCUT2D eigenvalue weighted by atomic mass is 16.5. The zero-order valence-electron chi connectivity index (χ0n) is 19.6. The van der Waals surface area contributed by atoms with Crippen LogP contribution in [0, 0.1) is 6.92 Å². The van der Waals surface area contributed by atoms with Crippen molar-refractivity contribution in [1.82, 2.24) is 24.6 Å². The van der Waals surface area contributed by atoms with Gasteiger partial charge in [-0.25, -0.2) is 4.98 Å². The fraction of sp³-hybridized carbons (Fsp3) is 0.458. The summed E-state index contributed by atoms with van der Waals surface area (Å²) < 4.78 is 9.21. The van der Waals surface area contributed by atoms with E-state index >= 15 is 0 Å². The molecule has 170 valence electrons.